The first-order chi connectivity index (χ1) is 8.40. The number of aryl methyl sites for hydroxylation is 2. The van der Waals surface area contributed by atoms with Crippen molar-refractivity contribution < 1.29 is 8.42 Å². The van der Waals surface area contributed by atoms with Crippen LogP contribution in [0.1, 0.15) is 11.5 Å². The van der Waals surface area contributed by atoms with Crippen molar-refractivity contribution in [3.05, 3.63) is 33.6 Å². The van der Waals surface area contributed by atoms with Gasteiger partial charge in [-0.15, -0.1) is 0 Å². The molecule has 0 bridgehead atoms. The van der Waals surface area contributed by atoms with Crippen molar-refractivity contribution in [2.45, 2.75) is 17.7 Å². The van der Waals surface area contributed by atoms with Crippen LogP contribution in [0, 0.1) is 6.92 Å². The molecule has 2 rings (SSSR count). The van der Waals surface area contributed by atoms with Gasteiger partial charge in [-0.3, -0.25) is 4.79 Å². The summed E-state index contributed by atoms with van der Waals surface area (Å²) in [7, 11) is -1.90. The van der Waals surface area contributed by atoms with Gasteiger partial charge in [-0.05, 0) is 6.92 Å². The van der Waals surface area contributed by atoms with Gasteiger partial charge in [0.1, 0.15) is 5.82 Å². The van der Waals surface area contributed by atoms with E-state index in [9.17, 15) is 13.2 Å². The number of sulfonamides is 1. The summed E-state index contributed by atoms with van der Waals surface area (Å²) in [6.45, 7) is 1.63. The Morgan fingerprint density at radius 3 is 2.78 bits per heavy atom. The third kappa shape index (κ3) is 2.52. The van der Waals surface area contributed by atoms with Crippen molar-refractivity contribution in [3.63, 3.8) is 0 Å². The van der Waals surface area contributed by atoms with Crippen LogP contribution in [0.5, 0.6) is 0 Å². The number of nitrogens with zero attached hydrogens (tertiary/aromatic N) is 2. The lowest BCUT2D eigenvalue weighted by molar-refractivity contribution is 0.579. The quantitative estimate of drug-likeness (QED) is 0.824. The predicted octanol–water partition coefficient (Wildman–Crippen LogP) is -0.0432. The van der Waals surface area contributed by atoms with E-state index in [2.05, 4.69) is 14.7 Å². The number of hydrogen-bond acceptors (Lipinski definition) is 5. The zero-order valence-electron chi connectivity index (χ0n) is 9.80. The van der Waals surface area contributed by atoms with E-state index in [4.69, 9.17) is 0 Å². The molecule has 0 atom stereocenters. The lowest BCUT2D eigenvalue weighted by Crippen LogP contribution is -2.24. The summed E-state index contributed by atoms with van der Waals surface area (Å²) >= 11 is 0.674. The smallest absolute Gasteiger partial charge is 0.305 e. The van der Waals surface area contributed by atoms with E-state index in [1.807, 2.05) is 0 Å². The lowest BCUT2D eigenvalue weighted by atomic mass is 10.6. The molecule has 7 nitrogen and oxygen atoms in total. The Balaban J connectivity index is 2.21. The number of H-pyrrole nitrogens is 1. The number of thiazole rings is 1. The Kier molecular flexibility index (Phi) is 3.37. The van der Waals surface area contributed by atoms with Crippen molar-refractivity contribution in [1.82, 2.24) is 19.3 Å². The Labute approximate surface area is 108 Å². The number of nitrogens with one attached hydrogen (secondary N) is 2. The highest BCUT2D eigenvalue weighted by Crippen LogP contribution is 2.15. The third-order valence-electron chi connectivity index (χ3n) is 2.37. The Bertz CT molecular complexity index is 710. The first-order valence-electron chi connectivity index (χ1n) is 5.06. The van der Waals surface area contributed by atoms with Crippen LogP contribution in [0.2, 0.25) is 0 Å². The van der Waals surface area contributed by atoms with Crippen LogP contribution in [0.4, 0.5) is 0 Å². The number of imidazole rings is 1. The molecular weight excluding hydrogens is 276 g/mol. The number of hydrogen-bond donors (Lipinski definition) is 2. The van der Waals surface area contributed by atoms with E-state index in [0.717, 1.165) is 0 Å². The van der Waals surface area contributed by atoms with Crippen LogP contribution in [-0.2, 0) is 23.6 Å². The normalized spacial score (nSPS) is 11.9. The monoisotopic (exact) mass is 288 g/mol. The Hall–Kier alpha value is -1.45. The van der Waals surface area contributed by atoms with E-state index in [1.165, 1.54) is 0 Å². The highest BCUT2D eigenvalue weighted by molar-refractivity contribution is 7.91. The second-order valence-corrected chi connectivity index (χ2v) is 6.65. The van der Waals surface area contributed by atoms with Gasteiger partial charge in [0.15, 0.2) is 4.21 Å². The molecule has 0 unspecified atom stereocenters. The van der Waals surface area contributed by atoms with Gasteiger partial charge in [-0.25, -0.2) is 18.1 Å². The molecule has 0 radical (unpaired) electrons. The molecule has 0 spiro atoms. The zero-order chi connectivity index (χ0) is 13.3. The van der Waals surface area contributed by atoms with Crippen LogP contribution >= 0.6 is 11.3 Å². The fraction of sp³-hybridized carbons (Fsp3) is 0.333. The summed E-state index contributed by atoms with van der Waals surface area (Å²) in [5, 5.41) is 0. The molecule has 0 aliphatic rings. The zero-order valence-corrected chi connectivity index (χ0v) is 11.4. The largest absolute Gasteiger partial charge is 0.337 e. The van der Waals surface area contributed by atoms with Gasteiger partial charge < -0.3 is 9.55 Å². The number of aromatic amines is 1. The highest BCUT2D eigenvalue weighted by atomic mass is 32.2. The van der Waals surface area contributed by atoms with E-state index in [1.54, 1.807) is 30.9 Å². The van der Waals surface area contributed by atoms with E-state index in [0.29, 0.717) is 22.9 Å². The fourth-order valence-electron chi connectivity index (χ4n) is 1.44. The summed E-state index contributed by atoms with van der Waals surface area (Å²) < 4.78 is 28.1. The lowest BCUT2D eigenvalue weighted by Gasteiger charge is -2.05. The van der Waals surface area contributed by atoms with E-state index in [-0.39, 0.29) is 15.6 Å². The van der Waals surface area contributed by atoms with E-state index >= 15 is 0 Å². The van der Waals surface area contributed by atoms with Gasteiger partial charge in [0.25, 0.3) is 10.0 Å². The first-order valence-corrected chi connectivity index (χ1v) is 7.35. The molecule has 0 fully saturated rings. The summed E-state index contributed by atoms with van der Waals surface area (Å²) in [4.78, 5) is 17.2. The van der Waals surface area contributed by atoms with Crippen LogP contribution < -0.4 is 9.60 Å². The van der Waals surface area contributed by atoms with Crippen molar-refractivity contribution in [3.8, 4) is 0 Å². The second-order valence-electron chi connectivity index (χ2n) is 3.71. The van der Waals surface area contributed by atoms with Crippen LogP contribution in [-0.4, -0.2) is 23.0 Å². The van der Waals surface area contributed by atoms with Crippen LogP contribution in [0.25, 0.3) is 0 Å². The van der Waals surface area contributed by atoms with Crippen molar-refractivity contribution in [2.24, 2.45) is 7.05 Å². The molecule has 2 aromatic heterocycles. The second kappa shape index (κ2) is 4.67. The Morgan fingerprint density at radius 2 is 2.28 bits per heavy atom. The molecule has 18 heavy (non-hydrogen) atoms. The van der Waals surface area contributed by atoms with Crippen molar-refractivity contribution in [1.29, 1.82) is 0 Å². The third-order valence-corrected chi connectivity index (χ3v) is 5.37. The summed E-state index contributed by atoms with van der Waals surface area (Å²) in [6.07, 6.45) is 3.31. The van der Waals surface area contributed by atoms with Crippen molar-refractivity contribution in [2.75, 3.05) is 0 Å². The van der Waals surface area contributed by atoms with Gasteiger partial charge in [0, 0.05) is 25.1 Å². The summed E-state index contributed by atoms with van der Waals surface area (Å²) in [5.41, 5.74) is 0.345. The topological polar surface area (TPSA) is 96.8 Å². The van der Waals surface area contributed by atoms with Gasteiger partial charge in [-0.1, -0.05) is 11.3 Å². The molecule has 0 amide bonds. The molecule has 0 saturated heterocycles. The summed E-state index contributed by atoms with van der Waals surface area (Å²) in [6, 6.07) is 0. The summed E-state index contributed by atoms with van der Waals surface area (Å²) in [5.74, 6) is 0.596. The van der Waals surface area contributed by atoms with Gasteiger partial charge in [0.2, 0.25) is 0 Å². The molecule has 0 aliphatic carbocycles. The van der Waals surface area contributed by atoms with Gasteiger partial charge in [-0.2, -0.15) is 0 Å². The molecule has 9 heteroatoms. The Morgan fingerprint density at radius 1 is 1.56 bits per heavy atom. The minimum atomic E-state index is -3.68. The minimum Gasteiger partial charge on any atom is -0.337 e. The van der Waals surface area contributed by atoms with Crippen LogP contribution in [0.3, 0.4) is 0 Å². The molecule has 0 aliphatic heterocycles. The highest BCUT2D eigenvalue weighted by Gasteiger charge is 2.20. The maximum atomic E-state index is 12.0. The predicted molar refractivity (Wildman–Crippen MR) is 66.9 cm³/mol. The number of rotatable bonds is 4. The molecule has 0 saturated carbocycles. The minimum absolute atomic E-state index is 0.0155. The average Bonchev–Trinajstić information content (AvgIpc) is 2.82. The molecule has 2 heterocycles. The molecule has 0 aromatic carbocycles. The standard InChI is InChI=1S/C9H12N4O3S2/c1-6-8(17-9(14)12-6)18(15,16)11-5-7-10-3-4-13(7)2/h3-4,11H,5H2,1-2H3,(H,12,14). The maximum absolute atomic E-state index is 12.0. The molecule has 2 aromatic rings. The molecule has 98 valence electrons. The fourth-order valence-corrected chi connectivity index (χ4v) is 3.76. The van der Waals surface area contributed by atoms with Gasteiger partial charge in [0.05, 0.1) is 6.54 Å². The maximum Gasteiger partial charge on any atom is 0.305 e. The molecular formula is C9H12N4O3S2. The molecule has 2 N–H and O–H groups in total. The number of aromatic nitrogens is 3. The van der Waals surface area contributed by atoms with Crippen molar-refractivity contribution >= 4 is 21.4 Å². The van der Waals surface area contributed by atoms with E-state index < -0.39 is 10.0 Å². The first kappa shape index (κ1) is 13.0. The van der Waals surface area contributed by atoms with Gasteiger partial charge >= 0.3 is 4.87 Å². The van der Waals surface area contributed by atoms with Crippen LogP contribution in [0.15, 0.2) is 21.4 Å². The SMILES string of the molecule is Cc1[nH]c(=O)sc1S(=O)(=O)NCc1nccn1C. The average molecular weight is 288 g/mol.